The number of nitrogens with two attached hydrogens (primary N) is 1. The molecule has 60 valence electrons. The zero-order valence-corrected chi connectivity index (χ0v) is 6.95. The van der Waals surface area contributed by atoms with E-state index < -0.39 is 0 Å². The van der Waals surface area contributed by atoms with E-state index in [2.05, 4.69) is 0 Å². The van der Waals surface area contributed by atoms with Crippen molar-refractivity contribution >= 4 is 17.6 Å². The minimum absolute atomic E-state index is 0.0900. The monoisotopic (exact) mass is 162 g/mol. The van der Waals surface area contributed by atoms with Crippen molar-refractivity contribution in [1.82, 2.24) is 0 Å². The summed E-state index contributed by atoms with van der Waals surface area (Å²) in [6, 6.07) is 0. The molecule has 10 heavy (non-hydrogen) atoms. The van der Waals surface area contributed by atoms with Crippen LogP contribution in [0.1, 0.15) is 13.3 Å². The van der Waals surface area contributed by atoms with Crippen LogP contribution in [-0.4, -0.2) is 28.6 Å². The van der Waals surface area contributed by atoms with Crippen LogP contribution in [0.15, 0.2) is 0 Å². The fraction of sp³-hybridized carbons (Fsp3) is 0.833. The summed E-state index contributed by atoms with van der Waals surface area (Å²) in [6.07, 6.45) is 0.861. The molecule has 0 aliphatic heterocycles. The maximum absolute atomic E-state index is 8.46. The molecule has 0 aromatic heterocycles. The fourth-order valence-electron chi connectivity index (χ4n) is 0.623. The van der Waals surface area contributed by atoms with Gasteiger partial charge in [0.2, 0.25) is 0 Å². The second-order valence-corrected chi connectivity index (χ2v) is 3.26. The smallest absolute Gasteiger partial charge is 0.104 e. The van der Waals surface area contributed by atoms with Gasteiger partial charge in [-0.05, 0) is 6.42 Å². The van der Waals surface area contributed by atoms with Crippen molar-refractivity contribution in [3.8, 4) is 0 Å². The zero-order chi connectivity index (χ0) is 7.98. The minimum Gasteiger partial charge on any atom is -0.396 e. The Morgan fingerprint density at radius 1 is 1.80 bits per heavy atom. The lowest BCUT2D eigenvalue weighted by molar-refractivity contribution is 0.322. The maximum atomic E-state index is 8.46. The molecule has 0 aromatic carbocycles. The molecule has 0 radical (unpaired) electrons. The molecular formula is C6H14N2OS. The highest BCUT2D eigenvalue weighted by atomic mass is 32.2. The Labute approximate surface area is 65.5 Å². The highest BCUT2D eigenvalue weighted by Gasteiger charge is 2.08. The summed E-state index contributed by atoms with van der Waals surface area (Å²) < 4.78 is 0. The maximum Gasteiger partial charge on any atom is 0.104 e. The van der Waals surface area contributed by atoms with Gasteiger partial charge in [0.1, 0.15) is 5.84 Å². The van der Waals surface area contributed by atoms with Gasteiger partial charge in [-0.3, -0.25) is 5.41 Å². The van der Waals surface area contributed by atoms with Gasteiger partial charge < -0.3 is 10.8 Å². The van der Waals surface area contributed by atoms with E-state index in [0.717, 1.165) is 6.42 Å². The quantitative estimate of drug-likeness (QED) is 0.405. The van der Waals surface area contributed by atoms with E-state index >= 15 is 0 Å². The summed E-state index contributed by atoms with van der Waals surface area (Å²) in [6.45, 7) is 2.14. The molecule has 0 heterocycles. The van der Waals surface area contributed by atoms with Crippen molar-refractivity contribution in [1.29, 1.82) is 5.41 Å². The van der Waals surface area contributed by atoms with Gasteiger partial charge >= 0.3 is 0 Å². The SMILES string of the molecule is CCC(SCCO)C(=N)N. The zero-order valence-electron chi connectivity index (χ0n) is 6.13. The van der Waals surface area contributed by atoms with Gasteiger partial charge in [0.25, 0.3) is 0 Å². The Hall–Kier alpha value is -0.220. The molecule has 0 saturated carbocycles. The van der Waals surface area contributed by atoms with Gasteiger partial charge in [0.15, 0.2) is 0 Å². The van der Waals surface area contributed by atoms with Crippen molar-refractivity contribution in [3.63, 3.8) is 0 Å². The number of aliphatic hydroxyl groups is 1. The van der Waals surface area contributed by atoms with Crippen LogP contribution in [0.3, 0.4) is 0 Å². The molecule has 4 heteroatoms. The average Bonchev–Trinajstić information content (AvgIpc) is 1.89. The molecule has 0 rings (SSSR count). The first kappa shape index (κ1) is 9.78. The van der Waals surface area contributed by atoms with E-state index in [4.69, 9.17) is 16.2 Å². The van der Waals surface area contributed by atoms with Gasteiger partial charge in [0.05, 0.1) is 11.9 Å². The van der Waals surface area contributed by atoms with Crippen LogP contribution in [0.5, 0.6) is 0 Å². The van der Waals surface area contributed by atoms with Crippen LogP contribution >= 0.6 is 11.8 Å². The summed E-state index contributed by atoms with van der Waals surface area (Å²) >= 11 is 1.53. The summed E-state index contributed by atoms with van der Waals surface area (Å²) in [5.41, 5.74) is 5.27. The molecule has 0 saturated heterocycles. The van der Waals surface area contributed by atoms with E-state index in [-0.39, 0.29) is 17.7 Å². The molecule has 0 bridgehead atoms. The summed E-state index contributed by atoms with van der Waals surface area (Å²) in [4.78, 5) is 0. The second kappa shape index (κ2) is 5.56. The van der Waals surface area contributed by atoms with Crippen LogP contribution in [0.25, 0.3) is 0 Å². The first-order valence-corrected chi connectivity index (χ1v) is 4.33. The molecule has 1 unspecified atom stereocenters. The Bertz CT molecular complexity index is 108. The average molecular weight is 162 g/mol. The first-order chi connectivity index (χ1) is 4.72. The number of hydrogen-bond donors (Lipinski definition) is 3. The number of amidine groups is 1. The Morgan fingerprint density at radius 2 is 2.40 bits per heavy atom. The molecule has 0 aliphatic carbocycles. The van der Waals surface area contributed by atoms with Gasteiger partial charge in [-0.1, -0.05) is 6.92 Å². The number of thioether (sulfide) groups is 1. The van der Waals surface area contributed by atoms with E-state index in [1.54, 1.807) is 0 Å². The molecule has 4 N–H and O–H groups in total. The van der Waals surface area contributed by atoms with Crippen LogP contribution in [0.2, 0.25) is 0 Å². The Morgan fingerprint density at radius 3 is 2.70 bits per heavy atom. The Kier molecular flexibility index (Phi) is 5.43. The largest absolute Gasteiger partial charge is 0.396 e. The summed E-state index contributed by atoms with van der Waals surface area (Å²) in [7, 11) is 0. The Balaban J connectivity index is 3.50. The normalized spacial score (nSPS) is 13.0. The predicted molar refractivity (Wildman–Crippen MR) is 45.5 cm³/mol. The second-order valence-electron chi connectivity index (χ2n) is 1.95. The lowest BCUT2D eigenvalue weighted by Crippen LogP contribution is -2.24. The van der Waals surface area contributed by atoms with Crippen LogP contribution in [0, 0.1) is 5.41 Å². The number of rotatable bonds is 5. The molecule has 0 aromatic rings. The van der Waals surface area contributed by atoms with Crippen molar-refractivity contribution in [3.05, 3.63) is 0 Å². The highest BCUT2D eigenvalue weighted by Crippen LogP contribution is 2.12. The van der Waals surface area contributed by atoms with E-state index in [1.807, 2.05) is 6.92 Å². The van der Waals surface area contributed by atoms with E-state index in [0.29, 0.717) is 5.75 Å². The molecular weight excluding hydrogens is 148 g/mol. The van der Waals surface area contributed by atoms with Crippen molar-refractivity contribution in [2.45, 2.75) is 18.6 Å². The molecule has 0 aliphatic rings. The standard InChI is InChI=1S/C6H14N2OS/c1-2-5(6(7)8)10-4-3-9/h5,9H,2-4H2,1H3,(H3,7,8). The number of hydrogen-bond acceptors (Lipinski definition) is 3. The summed E-state index contributed by atoms with van der Waals surface area (Å²) in [5, 5.41) is 15.7. The summed E-state index contributed by atoms with van der Waals surface area (Å²) in [5.74, 6) is 0.874. The molecule has 1 atom stereocenters. The van der Waals surface area contributed by atoms with Crippen LogP contribution in [-0.2, 0) is 0 Å². The van der Waals surface area contributed by atoms with E-state index in [9.17, 15) is 0 Å². The highest BCUT2D eigenvalue weighted by molar-refractivity contribution is 8.00. The third kappa shape index (κ3) is 3.74. The van der Waals surface area contributed by atoms with Gasteiger partial charge in [-0.25, -0.2) is 0 Å². The fourth-order valence-corrected chi connectivity index (χ4v) is 1.43. The molecule has 0 amide bonds. The van der Waals surface area contributed by atoms with Crippen LogP contribution in [0.4, 0.5) is 0 Å². The van der Waals surface area contributed by atoms with Gasteiger partial charge in [-0.15, -0.1) is 11.8 Å². The van der Waals surface area contributed by atoms with Crippen molar-refractivity contribution in [2.24, 2.45) is 5.73 Å². The number of aliphatic hydroxyl groups excluding tert-OH is 1. The lowest BCUT2D eigenvalue weighted by Gasteiger charge is -2.10. The topological polar surface area (TPSA) is 70.1 Å². The van der Waals surface area contributed by atoms with Gasteiger partial charge in [0, 0.05) is 5.75 Å². The third-order valence-corrected chi connectivity index (χ3v) is 2.54. The number of nitrogens with one attached hydrogen (secondary N) is 1. The first-order valence-electron chi connectivity index (χ1n) is 3.28. The lowest BCUT2D eigenvalue weighted by atomic mass is 10.3. The van der Waals surface area contributed by atoms with Crippen molar-refractivity contribution < 1.29 is 5.11 Å². The minimum atomic E-state index is 0.0900. The molecule has 3 nitrogen and oxygen atoms in total. The van der Waals surface area contributed by atoms with Gasteiger partial charge in [-0.2, -0.15) is 0 Å². The van der Waals surface area contributed by atoms with E-state index in [1.165, 1.54) is 11.8 Å². The molecule has 0 spiro atoms. The van der Waals surface area contributed by atoms with Crippen LogP contribution < -0.4 is 5.73 Å². The predicted octanol–water partition coefficient (Wildman–Crippen LogP) is 0.426. The van der Waals surface area contributed by atoms with Crippen molar-refractivity contribution in [2.75, 3.05) is 12.4 Å². The third-order valence-electron chi connectivity index (χ3n) is 1.13. The molecule has 0 fully saturated rings.